The maximum Gasteiger partial charge on any atom is 0.291 e. The fraction of sp³-hybridized carbons (Fsp3) is 0.200. The molecule has 2 aromatic carbocycles. The van der Waals surface area contributed by atoms with Crippen molar-refractivity contribution in [2.75, 3.05) is 31.5 Å². The third-order valence-corrected chi connectivity index (χ3v) is 6.93. The summed E-state index contributed by atoms with van der Waals surface area (Å²) in [6.07, 6.45) is 1.26. The van der Waals surface area contributed by atoms with Gasteiger partial charge in [0.2, 0.25) is 0 Å². The van der Waals surface area contributed by atoms with E-state index in [1.165, 1.54) is 34.8 Å². The zero-order chi connectivity index (χ0) is 21.9. The van der Waals surface area contributed by atoms with Crippen LogP contribution in [0.15, 0.2) is 70.5 Å². The fourth-order valence-corrected chi connectivity index (χ4v) is 4.47. The Morgan fingerprint density at radius 3 is 2.20 bits per heavy atom. The van der Waals surface area contributed by atoms with E-state index in [4.69, 9.17) is 23.2 Å². The lowest BCUT2D eigenvalue weighted by Crippen LogP contribution is -2.36. The van der Waals surface area contributed by atoms with Gasteiger partial charge < -0.3 is 4.90 Å². The molecule has 158 valence electrons. The quantitative estimate of drug-likeness (QED) is 0.533. The average molecular weight is 467 g/mol. The van der Waals surface area contributed by atoms with Crippen LogP contribution in [0.1, 0.15) is 0 Å². The minimum atomic E-state index is -3.82. The first-order chi connectivity index (χ1) is 14.2. The van der Waals surface area contributed by atoms with Gasteiger partial charge in [-0.05, 0) is 50.5 Å². The molecule has 0 spiro atoms. The largest absolute Gasteiger partial charge is 0.308 e. The van der Waals surface area contributed by atoms with Crippen LogP contribution in [0.4, 0.5) is 5.69 Å². The molecule has 0 aliphatic rings. The number of hydrogen-bond acceptors (Lipinski definition) is 5. The van der Waals surface area contributed by atoms with Crippen molar-refractivity contribution in [3.63, 3.8) is 0 Å². The van der Waals surface area contributed by atoms with Gasteiger partial charge in [-0.1, -0.05) is 41.4 Å². The number of likely N-dealkylation sites (N-methyl/N-ethyl adjacent to an activating group) is 1. The molecule has 0 N–H and O–H groups in total. The van der Waals surface area contributed by atoms with Gasteiger partial charge in [0.15, 0.2) is 0 Å². The van der Waals surface area contributed by atoms with Crippen LogP contribution in [0.2, 0.25) is 10.0 Å². The molecule has 3 aromatic rings. The van der Waals surface area contributed by atoms with Crippen LogP contribution in [-0.4, -0.2) is 50.3 Å². The summed E-state index contributed by atoms with van der Waals surface area (Å²) in [5.74, 6) is 0. The van der Waals surface area contributed by atoms with Crippen LogP contribution >= 0.6 is 23.2 Å². The number of rotatable bonds is 7. The zero-order valence-corrected chi connectivity index (χ0v) is 18.7. The summed E-state index contributed by atoms with van der Waals surface area (Å²) >= 11 is 11.7. The second-order valence-electron chi connectivity index (χ2n) is 6.73. The third kappa shape index (κ3) is 4.67. The Morgan fingerprint density at radius 2 is 1.60 bits per heavy atom. The zero-order valence-electron chi connectivity index (χ0n) is 16.4. The molecule has 30 heavy (non-hydrogen) atoms. The van der Waals surface area contributed by atoms with Gasteiger partial charge in [-0.2, -0.15) is 9.78 Å². The number of para-hydroxylation sites is 1. The first-order valence-electron chi connectivity index (χ1n) is 8.98. The van der Waals surface area contributed by atoms with Gasteiger partial charge in [-0.15, -0.1) is 0 Å². The van der Waals surface area contributed by atoms with E-state index in [-0.39, 0.29) is 21.5 Å². The topological polar surface area (TPSA) is 75.5 Å². The normalized spacial score (nSPS) is 11.6. The Morgan fingerprint density at radius 1 is 0.967 bits per heavy atom. The van der Waals surface area contributed by atoms with E-state index < -0.39 is 15.6 Å². The molecule has 1 aromatic heterocycles. The van der Waals surface area contributed by atoms with Crippen LogP contribution < -0.4 is 9.86 Å². The minimum Gasteiger partial charge on any atom is -0.308 e. The maximum absolute atomic E-state index is 13.3. The summed E-state index contributed by atoms with van der Waals surface area (Å²) in [7, 11) is -0.0590. The van der Waals surface area contributed by atoms with E-state index in [1.54, 1.807) is 24.3 Å². The van der Waals surface area contributed by atoms with Crippen molar-refractivity contribution in [1.29, 1.82) is 0 Å². The standard InChI is InChI=1S/C20H20Cl2N4O3S/c1-24(2)12-13-25(15-6-4-3-5-7-15)30(28,29)17-10-8-16(9-11-17)26-20(27)19(22)18(21)14-23-26/h3-11,14H,12-13H2,1-2H3. The molecular weight excluding hydrogens is 447 g/mol. The summed E-state index contributed by atoms with van der Waals surface area (Å²) in [5.41, 5.74) is 0.361. The van der Waals surface area contributed by atoms with Crippen molar-refractivity contribution in [2.24, 2.45) is 0 Å². The molecule has 0 radical (unpaired) electrons. The highest BCUT2D eigenvalue weighted by Crippen LogP contribution is 2.24. The van der Waals surface area contributed by atoms with Gasteiger partial charge >= 0.3 is 0 Å². The lowest BCUT2D eigenvalue weighted by Gasteiger charge is -2.26. The van der Waals surface area contributed by atoms with Gasteiger partial charge in [0, 0.05) is 13.1 Å². The number of benzene rings is 2. The maximum atomic E-state index is 13.3. The second-order valence-corrected chi connectivity index (χ2v) is 9.38. The number of sulfonamides is 1. The average Bonchev–Trinajstić information content (AvgIpc) is 2.73. The Balaban J connectivity index is 1.98. The van der Waals surface area contributed by atoms with Crippen LogP contribution in [0.3, 0.4) is 0 Å². The molecule has 7 nitrogen and oxygen atoms in total. The monoisotopic (exact) mass is 466 g/mol. The van der Waals surface area contributed by atoms with E-state index in [0.717, 1.165) is 4.68 Å². The Labute approximate surface area is 185 Å². The molecule has 10 heteroatoms. The van der Waals surface area contributed by atoms with E-state index in [1.807, 2.05) is 25.1 Å². The molecule has 0 saturated carbocycles. The van der Waals surface area contributed by atoms with Crippen molar-refractivity contribution >= 4 is 38.9 Å². The molecule has 1 heterocycles. The minimum absolute atomic E-state index is 0.0523. The summed E-state index contributed by atoms with van der Waals surface area (Å²) < 4.78 is 29.1. The molecule has 3 rings (SSSR count). The molecule has 0 unspecified atom stereocenters. The molecule has 0 bridgehead atoms. The highest BCUT2D eigenvalue weighted by atomic mass is 35.5. The van der Waals surface area contributed by atoms with Gasteiger partial charge in [-0.3, -0.25) is 9.10 Å². The predicted octanol–water partition coefficient (Wildman–Crippen LogP) is 3.30. The molecule has 0 fully saturated rings. The van der Waals surface area contributed by atoms with E-state index in [9.17, 15) is 13.2 Å². The number of nitrogens with zero attached hydrogens (tertiary/aromatic N) is 4. The van der Waals surface area contributed by atoms with Crippen molar-refractivity contribution in [3.8, 4) is 5.69 Å². The lowest BCUT2D eigenvalue weighted by molar-refractivity contribution is 0.419. The van der Waals surface area contributed by atoms with Crippen LogP contribution in [0.5, 0.6) is 0 Å². The number of anilines is 1. The number of hydrogen-bond donors (Lipinski definition) is 0. The van der Waals surface area contributed by atoms with Crippen LogP contribution in [-0.2, 0) is 10.0 Å². The SMILES string of the molecule is CN(C)CCN(c1ccccc1)S(=O)(=O)c1ccc(-n2ncc(Cl)c(Cl)c2=O)cc1. The van der Waals surface area contributed by atoms with Gasteiger partial charge in [-0.25, -0.2) is 8.42 Å². The molecule has 0 amide bonds. The highest BCUT2D eigenvalue weighted by molar-refractivity contribution is 7.92. The summed E-state index contributed by atoms with van der Waals surface area (Å²) in [6, 6.07) is 14.8. The van der Waals surface area contributed by atoms with E-state index in [2.05, 4.69) is 5.10 Å². The van der Waals surface area contributed by atoms with Gasteiger partial charge in [0.1, 0.15) is 5.02 Å². The van der Waals surface area contributed by atoms with Crippen LogP contribution in [0, 0.1) is 0 Å². The smallest absolute Gasteiger partial charge is 0.291 e. The molecule has 0 atom stereocenters. The Hall–Kier alpha value is -2.39. The van der Waals surface area contributed by atoms with Crippen molar-refractivity contribution < 1.29 is 8.42 Å². The first kappa shape index (κ1) is 22.3. The molecular formula is C20H20Cl2N4O3S. The van der Waals surface area contributed by atoms with E-state index in [0.29, 0.717) is 17.9 Å². The lowest BCUT2D eigenvalue weighted by atomic mass is 10.3. The van der Waals surface area contributed by atoms with E-state index >= 15 is 0 Å². The molecule has 0 aliphatic heterocycles. The fourth-order valence-electron chi connectivity index (χ4n) is 2.76. The number of halogens is 2. The predicted molar refractivity (Wildman–Crippen MR) is 119 cm³/mol. The van der Waals surface area contributed by atoms with Crippen molar-refractivity contribution in [2.45, 2.75) is 4.90 Å². The first-order valence-corrected chi connectivity index (χ1v) is 11.2. The highest BCUT2D eigenvalue weighted by Gasteiger charge is 2.25. The van der Waals surface area contributed by atoms with Gasteiger partial charge in [0.05, 0.1) is 27.5 Å². The third-order valence-electron chi connectivity index (χ3n) is 4.34. The summed E-state index contributed by atoms with van der Waals surface area (Å²) in [4.78, 5) is 14.3. The van der Waals surface area contributed by atoms with Gasteiger partial charge in [0.25, 0.3) is 15.6 Å². The van der Waals surface area contributed by atoms with Crippen molar-refractivity contribution in [3.05, 3.63) is 81.2 Å². The second kappa shape index (κ2) is 9.18. The van der Waals surface area contributed by atoms with Crippen LogP contribution in [0.25, 0.3) is 5.69 Å². The summed E-state index contributed by atoms with van der Waals surface area (Å²) in [5, 5.41) is 3.86. The molecule has 0 aliphatic carbocycles. The Kier molecular flexibility index (Phi) is 6.82. The molecule has 0 saturated heterocycles. The number of aromatic nitrogens is 2. The summed E-state index contributed by atoms with van der Waals surface area (Å²) in [6.45, 7) is 0.837. The Bertz CT molecular complexity index is 1180. The van der Waals surface area contributed by atoms with Crippen molar-refractivity contribution in [1.82, 2.24) is 14.7 Å².